The third-order valence-corrected chi connectivity index (χ3v) is 6.26. The summed E-state index contributed by atoms with van der Waals surface area (Å²) in [5.74, 6) is -0.685. The van der Waals surface area contributed by atoms with Crippen molar-refractivity contribution in [2.75, 3.05) is 4.72 Å². The van der Waals surface area contributed by atoms with Gasteiger partial charge in [-0.05, 0) is 48.7 Å². The van der Waals surface area contributed by atoms with Gasteiger partial charge in [0.1, 0.15) is 11.4 Å². The van der Waals surface area contributed by atoms with E-state index < -0.39 is 15.9 Å². The molecule has 8 heteroatoms. The van der Waals surface area contributed by atoms with Crippen LogP contribution in [0, 0.1) is 0 Å². The highest BCUT2D eigenvalue weighted by molar-refractivity contribution is 7.92. The molecule has 0 aliphatic heterocycles. The maximum Gasteiger partial charge on any atom is 0.295 e. The standard InChI is InChI=1S/C23H19N3O4S/c27-22-19-14-8-7-13-18(19)20(26-31(29,30)17-11-5-2-6-12-17)15-21(22)24-25-23(28)16-9-3-1-4-10-16/h1-12,15,26-27H,13-14H2. The number of allylic oxidation sites excluding steroid dienone is 2. The number of phenolic OH excluding ortho intramolecular Hbond substituents is 1. The first-order valence-electron chi connectivity index (χ1n) is 9.57. The minimum atomic E-state index is -3.85. The van der Waals surface area contributed by atoms with Crippen molar-refractivity contribution in [2.45, 2.75) is 17.7 Å². The van der Waals surface area contributed by atoms with Crippen LogP contribution in [-0.4, -0.2) is 19.4 Å². The van der Waals surface area contributed by atoms with Crippen LogP contribution in [0.25, 0.3) is 0 Å². The van der Waals surface area contributed by atoms with Crippen molar-refractivity contribution in [1.82, 2.24) is 0 Å². The number of amides is 1. The number of azo groups is 1. The van der Waals surface area contributed by atoms with E-state index in [9.17, 15) is 18.3 Å². The number of aromatic hydroxyl groups is 1. The van der Waals surface area contributed by atoms with Crippen LogP contribution in [0.15, 0.2) is 94.0 Å². The quantitative estimate of drug-likeness (QED) is 0.343. The lowest BCUT2D eigenvalue weighted by molar-refractivity contribution is 0.0995. The molecule has 0 aromatic heterocycles. The first kappa shape index (κ1) is 20.5. The Morgan fingerprint density at radius 3 is 2.19 bits per heavy atom. The van der Waals surface area contributed by atoms with Gasteiger partial charge < -0.3 is 5.11 Å². The Morgan fingerprint density at radius 1 is 0.903 bits per heavy atom. The number of rotatable bonds is 5. The molecule has 0 unspecified atom stereocenters. The number of benzene rings is 3. The summed E-state index contributed by atoms with van der Waals surface area (Å²) in [6.45, 7) is 0. The predicted octanol–water partition coefficient (Wildman–Crippen LogP) is 4.77. The van der Waals surface area contributed by atoms with Crippen molar-refractivity contribution >= 4 is 27.3 Å². The summed E-state index contributed by atoms with van der Waals surface area (Å²) in [5.41, 5.74) is 1.88. The van der Waals surface area contributed by atoms with Gasteiger partial charge in [-0.2, -0.15) is 0 Å². The highest BCUT2D eigenvalue weighted by atomic mass is 32.2. The lowest BCUT2D eigenvalue weighted by atomic mass is 9.93. The van der Waals surface area contributed by atoms with Crippen LogP contribution in [0.2, 0.25) is 0 Å². The van der Waals surface area contributed by atoms with Crippen molar-refractivity contribution in [2.24, 2.45) is 10.2 Å². The molecule has 3 aromatic rings. The molecule has 156 valence electrons. The van der Waals surface area contributed by atoms with Crippen LogP contribution in [0.1, 0.15) is 21.5 Å². The number of hydrogen-bond donors (Lipinski definition) is 2. The molecule has 3 aromatic carbocycles. The topological polar surface area (TPSA) is 108 Å². The van der Waals surface area contributed by atoms with E-state index in [0.29, 0.717) is 35.2 Å². The van der Waals surface area contributed by atoms with Crippen LogP contribution in [0.4, 0.5) is 11.4 Å². The Bertz CT molecular complexity index is 1290. The Labute approximate surface area is 179 Å². The van der Waals surface area contributed by atoms with E-state index in [1.165, 1.54) is 18.2 Å². The molecule has 0 bridgehead atoms. The molecule has 1 amide bonds. The predicted molar refractivity (Wildman–Crippen MR) is 117 cm³/mol. The maximum absolute atomic E-state index is 12.8. The summed E-state index contributed by atoms with van der Waals surface area (Å²) in [5, 5.41) is 18.3. The van der Waals surface area contributed by atoms with Gasteiger partial charge in [0.15, 0.2) is 0 Å². The summed E-state index contributed by atoms with van der Waals surface area (Å²) in [4.78, 5) is 12.4. The van der Waals surface area contributed by atoms with Gasteiger partial charge in [-0.1, -0.05) is 48.6 Å². The molecule has 0 radical (unpaired) electrons. The monoisotopic (exact) mass is 433 g/mol. The molecular formula is C23H19N3O4S. The van der Waals surface area contributed by atoms with Gasteiger partial charge >= 0.3 is 0 Å². The first-order chi connectivity index (χ1) is 15.0. The van der Waals surface area contributed by atoms with E-state index >= 15 is 0 Å². The second-order valence-electron chi connectivity index (χ2n) is 6.92. The Morgan fingerprint density at radius 2 is 1.52 bits per heavy atom. The van der Waals surface area contributed by atoms with Crippen LogP contribution < -0.4 is 4.72 Å². The largest absolute Gasteiger partial charge is 0.505 e. The van der Waals surface area contributed by atoms with Crippen molar-refractivity contribution < 1.29 is 18.3 Å². The fourth-order valence-electron chi connectivity index (χ4n) is 3.32. The minimum Gasteiger partial charge on any atom is -0.505 e. The van der Waals surface area contributed by atoms with Crippen LogP contribution >= 0.6 is 0 Å². The summed E-state index contributed by atoms with van der Waals surface area (Å²) in [6.07, 6.45) is 4.66. The summed E-state index contributed by atoms with van der Waals surface area (Å²) >= 11 is 0. The lowest BCUT2D eigenvalue weighted by Crippen LogP contribution is -2.15. The van der Waals surface area contributed by atoms with Crippen LogP contribution in [0.3, 0.4) is 0 Å². The van der Waals surface area contributed by atoms with Crippen LogP contribution in [0.5, 0.6) is 5.75 Å². The van der Waals surface area contributed by atoms with E-state index in [2.05, 4.69) is 15.0 Å². The molecule has 0 fully saturated rings. The third-order valence-electron chi connectivity index (χ3n) is 4.88. The number of hydrogen-bond acceptors (Lipinski definition) is 5. The Balaban J connectivity index is 1.73. The normalized spacial score (nSPS) is 13.2. The Hall–Kier alpha value is -3.78. The first-order valence-corrected chi connectivity index (χ1v) is 11.1. The molecule has 1 aliphatic carbocycles. The SMILES string of the molecule is O=C(N=Nc1cc(NS(=O)(=O)c2ccccc2)c2c(c1O)CC=CC2)c1ccccc1. The molecular weight excluding hydrogens is 414 g/mol. The molecule has 2 N–H and O–H groups in total. The zero-order chi connectivity index (χ0) is 21.8. The zero-order valence-corrected chi connectivity index (χ0v) is 17.2. The Kier molecular flexibility index (Phi) is 5.64. The number of phenols is 1. The second-order valence-corrected chi connectivity index (χ2v) is 8.60. The summed E-state index contributed by atoms with van der Waals surface area (Å²) in [7, 11) is -3.85. The van der Waals surface area contributed by atoms with E-state index in [0.717, 1.165) is 0 Å². The number of sulfonamides is 1. The van der Waals surface area contributed by atoms with Gasteiger partial charge in [-0.15, -0.1) is 10.2 Å². The number of carbonyl (C=O) groups is 1. The van der Waals surface area contributed by atoms with Crippen molar-refractivity contribution in [1.29, 1.82) is 0 Å². The van der Waals surface area contributed by atoms with Gasteiger partial charge in [0, 0.05) is 11.1 Å². The number of anilines is 1. The van der Waals surface area contributed by atoms with Crippen molar-refractivity contribution in [3.8, 4) is 5.75 Å². The minimum absolute atomic E-state index is 0.0177. The molecule has 0 spiro atoms. The molecule has 1 aliphatic rings. The molecule has 0 atom stereocenters. The van der Waals surface area contributed by atoms with Gasteiger partial charge in [-0.25, -0.2) is 8.42 Å². The summed E-state index contributed by atoms with van der Waals surface area (Å²) < 4.78 is 28.3. The van der Waals surface area contributed by atoms with E-state index in [4.69, 9.17) is 0 Å². The fourth-order valence-corrected chi connectivity index (χ4v) is 4.42. The summed E-state index contributed by atoms with van der Waals surface area (Å²) in [6, 6.07) is 17.8. The maximum atomic E-state index is 12.8. The average Bonchev–Trinajstić information content (AvgIpc) is 2.81. The van der Waals surface area contributed by atoms with Crippen molar-refractivity contribution in [3.63, 3.8) is 0 Å². The second kappa shape index (κ2) is 8.53. The molecule has 7 nitrogen and oxygen atoms in total. The van der Waals surface area contributed by atoms with Gasteiger partial charge in [0.2, 0.25) is 0 Å². The number of nitrogens with zero attached hydrogens (tertiary/aromatic N) is 2. The highest BCUT2D eigenvalue weighted by Crippen LogP contribution is 2.41. The zero-order valence-electron chi connectivity index (χ0n) is 16.4. The molecule has 0 heterocycles. The molecule has 0 saturated heterocycles. The average molecular weight is 433 g/mol. The van der Waals surface area contributed by atoms with Gasteiger partial charge in [-0.3, -0.25) is 9.52 Å². The van der Waals surface area contributed by atoms with E-state index in [1.807, 2.05) is 12.2 Å². The van der Waals surface area contributed by atoms with E-state index in [-0.39, 0.29) is 16.3 Å². The number of fused-ring (bicyclic) bond motifs is 1. The van der Waals surface area contributed by atoms with Crippen molar-refractivity contribution in [3.05, 3.63) is 95.6 Å². The smallest absolute Gasteiger partial charge is 0.295 e. The highest BCUT2D eigenvalue weighted by Gasteiger charge is 2.22. The van der Waals surface area contributed by atoms with Gasteiger partial charge in [0.25, 0.3) is 15.9 Å². The fraction of sp³-hybridized carbons (Fsp3) is 0.0870. The van der Waals surface area contributed by atoms with E-state index in [1.54, 1.807) is 48.5 Å². The molecule has 0 saturated carbocycles. The molecule has 31 heavy (non-hydrogen) atoms. The number of carbonyl (C=O) groups excluding carboxylic acids is 1. The lowest BCUT2D eigenvalue weighted by Gasteiger charge is -2.19. The van der Waals surface area contributed by atoms with Crippen LogP contribution in [-0.2, 0) is 22.9 Å². The number of nitrogens with one attached hydrogen (secondary N) is 1. The third kappa shape index (κ3) is 4.39. The molecule has 4 rings (SSSR count). The van der Waals surface area contributed by atoms with Gasteiger partial charge in [0.05, 0.1) is 10.6 Å².